The van der Waals surface area contributed by atoms with E-state index in [2.05, 4.69) is 34.6 Å². The number of hydrogen-bond donors (Lipinski definition) is 1. The molecule has 0 radical (unpaired) electrons. The summed E-state index contributed by atoms with van der Waals surface area (Å²) in [5.74, 6) is 1.00. The number of anilines is 1. The molecule has 1 aromatic heterocycles. The van der Waals surface area contributed by atoms with Crippen molar-refractivity contribution in [3.8, 4) is 0 Å². The fourth-order valence-electron chi connectivity index (χ4n) is 1.80. The van der Waals surface area contributed by atoms with Gasteiger partial charge in [0.25, 0.3) is 0 Å². The molecule has 0 unspecified atom stereocenters. The van der Waals surface area contributed by atoms with Crippen molar-refractivity contribution in [2.24, 2.45) is 0 Å². The summed E-state index contributed by atoms with van der Waals surface area (Å²) in [6.45, 7) is 0.865. The molecule has 1 aromatic carbocycles. The normalized spacial score (nSPS) is 10.7. The maximum atomic E-state index is 4.62. The zero-order valence-corrected chi connectivity index (χ0v) is 9.99. The number of aromatic nitrogens is 1. The van der Waals surface area contributed by atoms with Crippen LogP contribution in [0.4, 0.5) is 5.82 Å². The average molecular weight is 215 g/mol. The highest BCUT2D eigenvalue weighted by molar-refractivity contribution is 5.84. The molecule has 0 saturated heterocycles. The molecule has 1 N–H and O–H groups in total. The highest BCUT2D eigenvalue weighted by atomic mass is 15.1. The summed E-state index contributed by atoms with van der Waals surface area (Å²) in [7, 11) is 5.99. The van der Waals surface area contributed by atoms with Crippen molar-refractivity contribution >= 4 is 16.7 Å². The highest BCUT2D eigenvalue weighted by Crippen LogP contribution is 2.21. The number of para-hydroxylation sites is 1. The summed E-state index contributed by atoms with van der Waals surface area (Å²) in [4.78, 5) is 6.65. The van der Waals surface area contributed by atoms with Crippen LogP contribution in [0.5, 0.6) is 0 Å². The van der Waals surface area contributed by atoms with Crippen molar-refractivity contribution in [3.63, 3.8) is 0 Å². The van der Waals surface area contributed by atoms with Gasteiger partial charge in [0.1, 0.15) is 5.82 Å². The number of pyridine rings is 1. The molecule has 2 rings (SSSR count). The molecule has 0 aliphatic carbocycles. The average Bonchev–Trinajstić information content (AvgIpc) is 2.29. The molecule has 3 nitrogen and oxygen atoms in total. The van der Waals surface area contributed by atoms with Gasteiger partial charge >= 0.3 is 0 Å². The number of hydrogen-bond acceptors (Lipinski definition) is 3. The van der Waals surface area contributed by atoms with Gasteiger partial charge < -0.3 is 10.2 Å². The van der Waals surface area contributed by atoms with Gasteiger partial charge in [0.05, 0.1) is 5.52 Å². The third kappa shape index (κ3) is 1.99. The summed E-state index contributed by atoms with van der Waals surface area (Å²) in [6, 6.07) is 10.4. The molecule has 0 saturated carbocycles. The Hall–Kier alpha value is -1.61. The second kappa shape index (κ2) is 4.49. The minimum Gasteiger partial charge on any atom is -0.363 e. The lowest BCUT2D eigenvalue weighted by Gasteiger charge is -2.14. The third-order valence-electron chi connectivity index (χ3n) is 2.61. The van der Waals surface area contributed by atoms with Crippen molar-refractivity contribution in [1.82, 2.24) is 10.3 Å². The van der Waals surface area contributed by atoms with Gasteiger partial charge in [0.2, 0.25) is 0 Å². The van der Waals surface area contributed by atoms with E-state index < -0.39 is 0 Å². The van der Waals surface area contributed by atoms with Crippen molar-refractivity contribution in [2.75, 3.05) is 26.0 Å². The van der Waals surface area contributed by atoms with Gasteiger partial charge in [0.15, 0.2) is 0 Å². The maximum absolute atomic E-state index is 4.62. The quantitative estimate of drug-likeness (QED) is 0.849. The Morgan fingerprint density at radius 1 is 1.25 bits per heavy atom. The van der Waals surface area contributed by atoms with Crippen LogP contribution in [-0.4, -0.2) is 26.1 Å². The molecular formula is C13H17N3. The van der Waals surface area contributed by atoms with E-state index in [0.717, 1.165) is 17.9 Å². The van der Waals surface area contributed by atoms with E-state index >= 15 is 0 Å². The highest BCUT2D eigenvalue weighted by Gasteiger charge is 2.05. The van der Waals surface area contributed by atoms with Crippen LogP contribution in [0.1, 0.15) is 5.56 Å². The molecule has 0 aliphatic heterocycles. The first-order chi connectivity index (χ1) is 7.72. The Balaban J connectivity index is 2.63. The van der Waals surface area contributed by atoms with E-state index in [-0.39, 0.29) is 0 Å². The number of fused-ring (bicyclic) bond motifs is 1. The first-order valence-corrected chi connectivity index (χ1v) is 5.43. The topological polar surface area (TPSA) is 28.2 Å². The number of nitrogens with zero attached hydrogens (tertiary/aromatic N) is 2. The molecule has 84 valence electrons. The molecular weight excluding hydrogens is 198 g/mol. The van der Waals surface area contributed by atoms with Crippen LogP contribution in [0, 0.1) is 0 Å². The van der Waals surface area contributed by atoms with Crippen LogP contribution in [0.3, 0.4) is 0 Å². The Kier molecular flexibility index (Phi) is 3.06. The second-order valence-electron chi connectivity index (χ2n) is 4.08. The number of rotatable bonds is 3. The molecule has 2 aromatic rings. The molecule has 1 heterocycles. The predicted molar refractivity (Wildman–Crippen MR) is 68.8 cm³/mol. The molecule has 0 bridgehead atoms. The molecule has 0 amide bonds. The Bertz CT molecular complexity index is 492. The Morgan fingerprint density at radius 2 is 2.00 bits per heavy atom. The van der Waals surface area contributed by atoms with Crippen LogP contribution in [-0.2, 0) is 6.54 Å². The van der Waals surface area contributed by atoms with E-state index in [1.807, 2.05) is 32.1 Å². The van der Waals surface area contributed by atoms with E-state index in [1.54, 1.807) is 0 Å². The number of nitrogens with one attached hydrogen (secondary N) is 1. The van der Waals surface area contributed by atoms with E-state index in [4.69, 9.17) is 0 Å². The van der Waals surface area contributed by atoms with E-state index in [9.17, 15) is 0 Å². The van der Waals surface area contributed by atoms with Gasteiger partial charge in [-0.15, -0.1) is 0 Å². The van der Waals surface area contributed by atoms with Crippen molar-refractivity contribution in [1.29, 1.82) is 0 Å². The van der Waals surface area contributed by atoms with Gasteiger partial charge in [-0.2, -0.15) is 0 Å². The van der Waals surface area contributed by atoms with E-state index in [1.165, 1.54) is 10.9 Å². The van der Waals surface area contributed by atoms with Gasteiger partial charge in [-0.05, 0) is 24.7 Å². The lowest BCUT2D eigenvalue weighted by atomic mass is 10.1. The van der Waals surface area contributed by atoms with Crippen LogP contribution < -0.4 is 10.2 Å². The van der Waals surface area contributed by atoms with E-state index in [0.29, 0.717) is 0 Å². The lowest BCUT2D eigenvalue weighted by molar-refractivity contribution is 0.822. The fourth-order valence-corrected chi connectivity index (χ4v) is 1.80. The summed E-state index contributed by atoms with van der Waals surface area (Å²) < 4.78 is 0. The summed E-state index contributed by atoms with van der Waals surface area (Å²) in [5.41, 5.74) is 2.34. The lowest BCUT2D eigenvalue weighted by Crippen LogP contribution is -2.13. The van der Waals surface area contributed by atoms with Crippen LogP contribution in [0.2, 0.25) is 0 Å². The van der Waals surface area contributed by atoms with Gasteiger partial charge in [-0.3, -0.25) is 0 Å². The van der Waals surface area contributed by atoms with Crippen LogP contribution in [0.15, 0.2) is 30.3 Å². The Labute approximate surface area is 96.1 Å². The van der Waals surface area contributed by atoms with Crippen molar-refractivity contribution in [3.05, 3.63) is 35.9 Å². The zero-order valence-electron chi connectivity index (χ0n) is 9.99. The monoisotopic (exact) mass is 215 g/mol. The van der Waals surface area contributed by atoms with Crippen molar-refractivity contribution < 1.29 is 0 Å². The van der Waals surface area contributed by atoms with Gasteiger partial charge in [-0.25, -0.2) is 4.98 Å². The smallest absolute Gasteiger partial charge is 0.129 e. The summed E-state index contributed by atoms with van der Waals surface area (Å²) >= 11 is 0. The molecule has 0 fully saturated rings. The SMILES string of the molecule is CNCc1cc(N(C)C)nc2ccccc12. The minimum atomic E-state index is 0.865. The molecule has 3 heteroatoms. The second-order valence-corrected chi connectivity index (χ2v) is 4.08. The first-order valence-electron chi connectivity index (χ1n) is 5.43. The summed E-state index contributed by atoms with van der Waals surface area (Å²) in [5, 5.41) is 4.42. The zero-order chi connectivity index (χ0) is 11.5. The third-order valence-corrected chi connectivity index (χ3v) is 2.61. The van der Waals surface area contributed by atoms with Gasteiger partial charge in [0, 0.05) is 26.0 Å². The standard InChI is InChI=1S/C13H17N3/c1-14-9-10-8-13(16(2)3)15-12-7-5-4-6-11(10)12/h4-8,14H,9H2,1-3H3. The van der Waals surface area contributed by atoms with Crippen LogP contribution >= 0.6 is 0 Å². The van der Waals surface area contributed by atoms with Crippen LogP contribution in [0.25, 0.3) is 10.9 Å². The molecule has 0 atom stereocenters. The summed E-state index contributed by atoms with van der Waals surface area (Å²) in [6.07, 6.45) is 0. The molecule has 0 aliphatic rings. The largest absolute Gasteiger partial charge is 0.363 e. The number of benzene rings is 1. The Morgan fingerprint density at radius 3 is 2.69 bits per heavy atom. The maximum Gasteiger partial charge on any atom is 0.129 e. The minimum absolute atomic E-state index is 0.865. The molecule has 16 heavy (non-hydrogen) atoms. The van der Waals surface area contributed by atoms with Crippen molar-refractivity contribution in [2.45, 2.75) is 6.54 Å². The van der Waals surface area contributed by atoms with Gasteiger partial charge in [-0.1, -0.05) is 18.2 Å². The first kappa shape index (κ1) is 10.9. The molecule has 0 spiro atoms. The predicted octanol–water partition coefficient (Wildman–Crippen LogP) is 2.02. The fraction of sp³-hybridized carbons (Fsp3) is 0.308.